The van der Waals surface area contributed by atoms with Crippen LogP contribution in [0.5, 0.6) is 0 Å². The molecule has 0 bridgehead atoms. The van der Waals surface area contributed by atoms with Gasteiger partial charge in [0.05, 0.1) is 11.6 Å². The van der Waals surface area contributed by atoms with Gasteiger partial charge in [0.15, 0.2) is 0 Å². The van der Waals surface area contributed by atoms with Crippen molar-refractivity contribution in [3.63, 3.8) is 0 Å². The second kappa shape index (κ2) is 6.25. The number of allylic oxidation sites excluding steroid dienone is 1. The molecule has 0 amide bonds. The number of nitriles is 1. The first kappa shape index (κ1) is 14.7. The molecule has 1 aliphatic rings. The summed E-state index contributed by atoms with van der Waals surface area (Å²) in [6.45, 7) is 6.46. The van der Waals surface area contributed by atoms with E-state index in [-0.39, 0.29) is 5.25 Å². The van der Waals surface area contributed by atoms with Gasteiger partial charge in [0.25, 0.3) is 0 Å². The van der Waals surface area contributed by atoms with Gasteiger partial charge in [-0.2, -0.15) is 5.26 Å². The van der Waals surface area contributed by atoms with E-state index in [2.05, 4.69) is 55.3 Å². The van der Waals surface area contributed by atoms with Crippen LogP contribution in [0.2, 0.25) is 0 Å². The Morgan fingerprint density at radius 1 is 1.14 bits per heavy atom. The third-order valence-corrected chi connectivity index (χ3v) is 5.31. The monoisotopic (exact) mass is 303 g/mol. The molecule has 2 aromatic carbocycles. The van der Waals surface area contributed by atoms with Crippen LogP contribution in [0.15, 0.2) is 66.6 Å². The lowest BCUT2D eigenvalue weighted by Crippen LogP contribution is -2.13. The zero-order valence-electron chi connectivity index (χ0n) is 12.5. The van der Waals surface area contributed by atoms with Gasteiger partial charge in [-0.3, -0.25) is 0 Å². The molecular weight excluding hydrogens is 286 g/mol. The van der Waals surface area contributed by atoms with Crippen LogP contribution in [0.1, 0.15) is 28.2 Å². The van der Waals surface area contributed by atoms with Crippen LogP contribution in [-0.2, 0) is 0 Å². The summed E-state index contributed by atoms with van der Waals surface area (Å²) in [4.78, 5) is 0. The number of benzene rings is 2. The van der Waals surface area contributed by atoms with Gasteiger partial charge >= 0.3 is 0 Å². The summed E-state index contributed by atoms with van der Waals surface area (Å²) >= 11 is 1.79. The maximum atomic E-state index is 9.32. The zero-order chi connectivity index (χ0) is 15.5. The number of nitrogens with zero attached hydrogens (tertiary/aromatic N) is 1. The van der Waals surface area contributed by atoms with Crippen LogP contribution in [0.3, 0.4) is 0 Å². The van der Waals surface area contributed by atoms with Crippen molar-refractivity contribution in [2.24, 2.45) is 0 Å². The van der Waals surface area contributed by atoms with Crippen molar-refractivity contribution in [2.75, 3.05) is 0 Å². The highest BCUT2D eigenvalue weighted by atomic mass is 32.2. The molecule has 0 spiro atoms. The predicted octanol–water partition coefficient (Wildman–Crippen LogP) is 5.29. The van der Waals surface area contributed by atoms with E-state index in [1.807, 2.05) is 24.3 Å². The highest BCUT2D eigenvalue weighted by Gasteiger charge is 2.29. The van der Waals surface area contributed by atoms with Gasteiger partial charge in [0.2, 0.25) is 0 Å². The standard InChI is InChI=1S/C20H17NS/c1-14-7-3-5-9-17(14)19-11-12-22-20(19)15(2)18-10-6-4-8-16(18)13-21/h3-12,19-20H,2H2,1H3. The van der Waals surface area contributed by atoms with Gasteiger partial charge in [0.1, 0.15) is 0 Å². The van der Waals surface area contributed by atoms with Crippen molar-refractivity contribution in [3.8, 4) is 6.07 Å². The van der Waals surface area contributed by atoms with Gasteiger partial charge in [-0.15, -0.1) is 11.8 Å². The molecule has 0 fully saturated rings. The minimum absolute atomic E-state index is 0.246. The molecule has 1 aliphatic heterocycles. The van der Waals surface area contributed by atoms with E-state index in [1.54, 1.807) is 11.8 Å². The SMILES string of the molecule is C=C(c1ccccc1C#N)C1SC=CC1c1ccccc1C. The molecule has 2 atom stereocenters. The van der Waals surface area contributed by atoms with E-state index in [0.29, 0.717) is 11.5 Å². The zero-order valence-corrected chi connectivity index (χ0v) is 13.3. The molecule has 0 saturated heterocycles. The van der Waals surface area contributed by atoms with Crippen molar-refractivity contribution in [3.05, 3.63) is 88.8 Å². The van der Waals surface area contributed by atoms with E-state index in [9.17, 15) is 5.26 Å². The Labute approximate surface area is 136 Å². The van der Waals surface area contributed by atoms with Gasteiger partial charge in [0, 0.05) is 11.2 Å². The van der Waals surface area contributed by atoms with Crippen molar-refractivity contribution in [1.82, 2.24) is 0 Å². The van der Waals surface area contributed by atoms with E-state index in [0.717, 1.165) is 11.1 Å². The smallest absolute Gasteiger partial charge is 0.0998 e. The molecule has 0 aliphatic carbocycles. The molecule has 0 radical (unpaired) electrons. The fraction of sp³-hybridized carbons (Fsp3) is 0.150. The van der Waals surface area contributed by atoms with E-state index in [4.69, 9.17) is 0 Å². The molecule has 2 heteroatoms. The molecule has 0 N–H and O–H groups in total. The summed E-state index contributed by atoms with van der Waals surface area (Å²) in [7, 11) is 0. The van der Waals surface area contributed by atoms with Crippen LogP contribution >= 0.6 is 11.8 Å². The average molecular weight is 303 g/mol. The maximum absolute atomic E-state index is 9.32. The second-order valence-electron chi connectivity index (χ2n) is 5.45. The Bertz CT molecular complexity index is 782. The molecule has 2 aromatic rings. The van der Waals surface area contributed by atoms with Crippen molar-refractivity contribution >= 4 is 17.3 Å². The minimum Gasteiger partial charge on any atom is -0.192 e. The highest BCUT2D eigenvalue weighted by molar-refractivity contribution is 8.03. The molecule has 0 saturated carbocycles. The lowest BCUT2D eigenvalue weighted by molar-refractivity contribution is 0.898. The maximum Gasteiger partial charge on any atom is 0.0998 e. The molecule has 108 valence electrons. The number of aryl methyl sites for hydroxylation is 1. The lowest BCUT2D eigenvalue weighted by Gasteiger charge is -2.23. The summed E-state index contributed by atoms with van der Waals surface area (Å²) in [5.41, 5.74) is 5.32. The largest absolute Gasteiger partial charge is 0.192 e. The Balaban J connectivity index is 1.97. The summed E-state index contributed by atoms with van der Waals surface area (Å²) in [6, 6.07) is 18.5. The Morgan fingerprint density at radius 2 is 1.86 bits per heavy atom. The quantitative estimate of drug-likeness (QED) is 0.769. The van der Waals surface area contributed by atoms with E-state index < -0.39 is 0 Å². The summed E-state index contributed by atoms with van der Waals surface area (Å²) in [6.07, 6.45) is 2.25. The van der Waals surface area contributed by atoms with Crippen molar-refractivity contribution < 1.29 is 0 Å². The molecule has 2 unspecified atom stereocenters. The van der Waals surface area contributed by atoms with Gasteiger partial charge in [-0.1, -0.05) is 55.1 Å². The van der Waals surface area contributed by atoms with Gasteiger partial charge in [-0.25, -0.2) is 0 Å². The van der Waals surface area contributed by atoms with E-state index >= 15 is 0 Å². The number of rotatable bonds is 3. The Hall–Kier alpha value is -2.24. The average Bonchev–Trinajstić information content (AvgIpc) is 3.04. The molecule has 1 nitrogen and oxygen atoms in total. The summed E-state index contributed by atoms with van der Waals surface area (Å²) < 4.78 is 0. The molecule has 3 rings (SSSR count). The first-order valence-electron chi connectivity index (χ1n) is 7.28. The fourth-order valence-corrected chi connectivity index (χ4v) is 4.07. The van der Waals surface area contributed by atoms with Gasteiger partial charge in [-0.05, 0) is 40.7 Å². The number of hydrogen-bond donors (Lipinski definition) is 0. The Morgan fingerprint density at radius 3 is 2.64 bits per heavy atom. The fourth-order valence-electron chi connectivity index (χ4n) is 2.94. The molecule has 1 heterocycles. The van der Waals surface area contributed by atoms with Crippen LogP contribution < -0.4 is 0 Å². The van der Waals surface area contributed by atoms with Crippen molar-refractivity contribution in [2.45, 2.75) is 18.1 Å². The van der Waals surface area contributed by atoms with Crippen molar-refractivity contribution in [1.29, 1.82) is 5.26 Å². The van der Waals surface area contributed by atoms with Gasteiger partial charge < -0.3 is 0 Å². The number of hydrogen-bond acceptors (Lipinski definition) is 2. The van der Waals surface area contributed by atoms with Crippen LogP contribution in [-0.4, -0.2) is 5.25 Å². The third-order valence-electron chi connectivity index (χ3n) is 4.12. The topological polar surface area (TPSA) is 23.8 Å². The Kier molecular flexibility index (Phi) is 4.18. The van der Waals surface area contributed by atoms with E-state index in [1.165, 1.54) is 11.1 Å². The third kappa shape index (κ3) is 2.61. The van der Waals surface area contributed by atoms with Crippen LogP contribution in [0.4, 0.5) is 0 Å². The normalized spacial score (nSPS) is 19.8. The first-order chi connectivity index (χ1) is 10.7. The minimum atomic E-state index is 0.246. The highest BCUT2D eigenvalue weighted by Crippen LogP contribution is 2.44. The molecule has 0 aromatic heterocycles. The van der Waals surface area contributed by atoms with Crippen LogP contribution in [0, 0.1) is 18.3 Å². The lowest BCUT2D eigenvalue weighted by atomic mass is 9.86. The number of thioether (sulfide) groups is 1. The summed E-state index contributed by atoms with van der Waals surface area (Å²) in [5, 5.41) is 11.7. The molecular formula is C20H17NS. The predicted molar refractivity (Wildman–Crippen MR) is 94.6 cm³/mol. The first-order valence-corrected chi connectivity index (χ1v) is 8.22. The van der Waals surface area contributed by atoms with Crippen LogP contribution in [0.25, 0.3) is 5.57 Å². The summed E-state index contributed by atoms with van der Waals surface area (Å²) in [5.74, 6) is 0.311. The molecule has 22 heavy (non-hydrogen) atoms. The second-order valence-corrected chi connectivity index (χ2v) is 6.50.